The Morgan fingerprint density at radius 2 is 1.52 bits per heavy atom. The van der Waals surface area contributed by atoms with E-state index in [0.717, 1.165) is 15.4 Å². The summed E-state index contributed by atoms with van der Waals surface area (Å²) in [6, 6.07) is 19.7. The van der Waals surface area contributed by atoms with Crippen LogP contribution in [-0.4, -0.2) is 6.10 Å². The summed E-state index contributed by atoms with van der Waals surface area (Å²) in [4.78, 5) is 25.8. The summed E-state index contributed by atoms with van der Waals surface area (Å²) in [7, 11) is 0. The van der Waals surface area contributed by atoms with Crippen LogP contribution >= 0.6 is 11.8 Å². The SMILES string of the molecule is CC(C)Oc1c(/C=C(\Sc2ccccc2)c2ccccc2)c(=O)c1=O. The fraction of sp³-hybridized carbons (Fsp3) is 0.143. The minimum absolute atomic E-state index is 0.155. The Labute approximate surface area is 150 Å². The summed E-state index contributed by atoms with van der Waals surface area (Å²) < 4.78 is 5.52. The Hall–Kier alpha value is -2.59. The van der Waals surface area contributed by atoms with E-state index in [9.17, 15) is 9.59 Å². The molecular formula is C21H18O3S. The van der Waals surface area contributed by atoms with E-state index in [-0.39, 0.29) is 11.9 Å². The largest absolute Gasteiger partial charge is 0.486 e. The lowest BCUT2D eigenvalue weighted by atomic mass is 10.1. The van der Waals surface area contributed by atoms with Gasteiger partial charge in [0.25, 0.3) is 5.43 Å². The van der Waals surface area contributed by atoms with E-state index in [4.69, 9.17) is 4.74 Å². The van der Waals surface area contributed by atoms with Crippen molar-refractivity contribution in [3.63, 3.8) is 0 Å². The Balaban J connectivity index is 2.04. The Morgan fingerprint density at radius 3 is 2.12 bits per heavy atom. The summed E-state index contributed by atoms with van der Waals surface area (Å²) in [6.45, 7) is 3.67. The van der Waals surface area contributed by atoms with Crippen LogP contribution in [-0.2, 0) is 0 Å². The molecule has 3 aromatic rings. The first-order chi connectivity index (χ1) is 12.1. The van der Waals surface area contributed by atoms with E-state index >= 15 is 0 Å². The lowest BCUT2D eigenvalue weighted by Gasteiger charge is -2.14. The van der Waals surface area contributed by atoms with Crippen molar-refractivity contribution < 1.29 is 4.74 Å². The summed E-state index contributed by atoms with van der Waals surface area (Å²) >= 11 is 1.55. The van der Waals surface area contributed by atoms with Gasteiger partial charge in [-0.1, -0.05) is 60.3 Å². The Morgan fingerprint density at radius 1 is 0.920 bits per heavy atom. The molecule has 0 spiro atoms. The molecule has 3 aromatic carbocycles. The minimum atomic E-state index is -0.544. The zero-order chi connectivity index (χ0) is 17.8. The molecule has 0 fully saturated rings. The maximum Gasteiger partial charge on any atom is 0.268 e. The van der Waals surface area contributed by atoms with Gasteiger partial charge in [-0.2, -0.15) is 0 Å². The molecule has 0 saturated carbocycles. The van der Waals surface area contributed by atoms with Crippen LogP contribution in [0.5, 0.6) is 5.75 Å². The molecule has 0 unspecified atom stereocenters. The predicted octanol–water partition coefficient (Wildman–Crippen LogP) is 4.36. The van der Waals surface area contributed by atoms with Crippen molar-refractivity contribution in [2.24, 2.45) is 0 Å². The summed E-state index contributed by atoms with van der Waals surface area (Å²) in [6.07, 6.45) is 1.60. The van der Waals surface area contributed by atoms with Crippen molar-refractivity contribution in [3.05, 3.63) is 92.2 Å². The van der Waals surface area contributed by atoms with Crippen LogP contribution in [0.2, 0.25) is 0 Å². The van der Waals surface area contributed by atoms with Crippen LogP contribution in [0.4, 0.5) is 0 Å². The Kier molecular flexibility index (Phi) is 5.19. The number of thioether (sulfide) groups is 1. The zero-order valence-corrected chi connectivity index (χ0v) is 14.9. The highest BCUT2D eigenvalue weighted by Crippen LogP contribution is 2.36. The minimum Gasteiger partial charge on any atom is -0.486 e. The van der Waals surface area contributed by atoms with Crippen LogP contribution < -0.4 is 15.6 Å². The van der Waals surface area contributed by atoms with Crippen LogP contribution in [0.1, 0.15) is 25.0 Å². The van der Waals surface area contributed by atoms with Gasteiger partial charge in [-0.25, -0.2) is 0 Å². The highest BCUT2D eigenvalue weighted by atomic mass is 32.2. The van der Waals surface area contributed by atoms with Gasteiger partial charge in [0.1, 0.15) is 0 Å². The van der Waals surface area contributed by atoms with Gasteiger partial charge in [-0.05, 0) is 37.6 Å². The van der Waals surface area contributed by atoms with Crippen molar-refractivity contribution in [2.45, 2.75) is 24.8 Å². The lowest BCUT2D eigenvalue weighted by molar-refractivity contribution is 0.236. The highest BCUT2D eigenvalue weighted by Gasteiger charge is 2.22. The molecule has 0 aliphatic rings. The topological polar surface area (TPSA) is 43.4 Å². The lowest BCUT2D eigenvalue weighted by Crippen LogP contribution is -2.36. The maximum absolute atomic E-state index is 12.0. The molecule has 4 heteroatoms. The summed E-state index contributed by atoms with van der Waals surface area (Å²) in [5.41, 5.74) is 0.302. The average molecular weight is 350 g/mol. The molecule has 3 nitrogen and oxygen atoms in total. The fourth-order valence-corrected chi connectivity index (χ4v) is 3.37. The first-order valence-corrected chi connectivity index (χ1v) is 8.88. The van der Waals surface area contributed by atoms with Gasteiger partial charge in [0.15, 0.2) is 5.75 Å². The van der Waals surface area contributed by atoms with Gasteiger partial charge < -0.3 is 4.74 Å². The first-order valence-electron chi connectivity index (χ1n) is 8.06. The number of rotatable bonds is 6. The molecule has 25 heavy (non-hydrogen) atoms. The molecule has 0 aromatic heterocycles. The van der Waals surface area contributed by atoms with Crippen molar-refractivity contribution in [3.8, 4) is 5.75 Å². The van der Waals surface area contributed by atoms with Gasteiger partial charge in [-0.3, -0.25) is 9.59 Å². The van der Waals surface area contributed by atoms with Crippen molar-refractivity contribution in [1.29, 1.82) is 0 Å². The first kappa shape index (κ1) is 17.2. The normalized spacial score (nSPS) is 11.9. The standard InChI is InChI=1S/C21H18O3S/c1-14(2)24-21-17(19(22)20(21)23)13-18(15-9-5-3-6-10-15)25-16-11-7-4-8-12-16/h3-14H,1-2H3/b18-13-. The molecule has 0 aliphatic carbocycles. The second-order valence-corrected chi connectivity index (χ2v) is 6.97. The van der Waals surface area contributed by atoms with E-state index < -0.39 is 10.9 Å². The monoisotopic (exact) mass is 350 g/mol. The molecule has 0 atom stereocenters. The van der Waals surface area contributed by atoms with Crippen LogP contribution in [0.3, 0.4) is 0 Å². The second kappa shape index (κ2) is 7.53. The molecule has 0 bridgehead atoms. The Bertz CT molecular complexity index is 950. The third-order valence-electron chi connectivity index (χ3n) is 3.56. The van der Waals surface area contributed by atoms with E-state index in [2.05, 4.69) is 0 Å². The molecule has 0 saturated heterocycles. The smallest absolute Gasteiger partial charge is 0.268 e. The number of ether oxygens (including phenoxy) is 1. The summed E-state index contributed by atoms with van der Waals surface area (Å²) in [5.74, 6) is 0.169. The third-order valence-corrected chi connectivity index (χ3v) is 4.64. The fourth-order valence-electron chi connectivity index (χ4n) is 2.39. The second-order valence-electron chi connectivity index (χ2n) is 5.86. The van der Waals surface area contributed by atoms with Crippen LogP contribution in [0, 0.1) is 0 Å². The van der Waals surface area contributed by atoms with Gasteiger partial charge in [0.05, 0.1) is 11.7 Å². The molecule has 3 rings (SSSR count). The van der Waals surface area contributed by atoms with Gasteiger partial charge in [0.2, 0.25) is 5.43 Å². The van der Waals surface area contributed by atoms with Crippen molar-refractivity contribution >= 4 is 22.7 Å². The highest BCUT2D eigenvalue weighted by molar-refractivity contribution is 8.08. The van der Waals surface area contributed by atoms with E-state index in [1.165, 1.54) is 0 Å². The van der Waals surface area contributed by atoms with Gasteiger partial charge >= 0.3 is 0 Å². The molecular weight excluding hydrogens is 332 g/mol. The molecule has 0 heterocycles. The van der Waals surface area contributed by atoms with Crippen molar-refractivity contribution in [2.75, 3.05) is 0 Å². The molecule has 126 valence electrons. The maximum atomic E-state index is 12.0. The van der Waals surface area contributed by atoms with Crippen molar-refractivity contribution in [1.82, 2.24) is 0 Å². The predicted molar refractivity (Wildman–Crippen MR) is 104 cm³/mol. The quantitative estimate of drug-likeness (QED) is 0.489. The van der Waals surface area contributed by atoms with Gasteiger partial charge in [0, 0.05) is 9.80 Å². The third kappa shape index (κ3) is 3.91. The average Bonchev–Trinajstić information content (AvgIpc) is 2.64. The number of hydrogen-bond acceptors (Lipinski definition) is 4. The molecule has 0 amide bonds. The number of benzene rings is 2. The molecule has 0 aliphatic heterocycles. The number of hydrogen-bond donors (Lipinski definition) is 0. The molecule has 0 N–H and O–H groups in total. The zero-order valence-electron chi connectivity index (χ0n) is 14.1. The van der Waals surface area contributed by atoms with E-state index in [0.29, 0.717) is 5.56 Å². The van der Waals surface area contributed by atoms with E-state index in [1.807, 2.05) is 74.5 Å². The van der Waals surface area contributed by atoms with Gasteiger partial charge in [-0.15, -0.1) is 0 Å². The van der Waals surface area contributed by atoms with Crippen LogP contribution in [0.25, 0.3) is 11.0 Å². The molecule has 0 radical (unpaired) electrons. The van der Waals surface area contributed by atoms with Crippen LogP contribution in [0.15, 0.2) is 75.1 Å². The summed E-state index contributed by atoms with van der Waals surface area (Å²) in [5, 5.41) is 0. The van der Waals surface area contributed by atoms with E-state index in [1.54, 1.807) is 17.8 Å².